The average molecular weight is 663 g/mol. The van der Waals surface area contributed by atoms with Crippen LogP contribution in [0.2, 0.25) is 0 Å². The molecule has 0 aromatic heterocycles. The molecule has 0 spiro atoms. The second-order valence-electron chi connectivity index (χ2n) is 1.52. The third-order valence-electron chi connectivity index (χ3n) is 0. The van der Waals surface area contributed by atoms with Crippen molar-refractivity contribution < 1.29 is 163 Å². The average Bonchev–Trinajstić information content (AvgIpc) is 2.08. The molecule has 6 N–H and O–H groups in total. The van der Waals surface area contributed by atoms with Crippen LogP contribution in [0, 0.1) is 77.3 Å². The molecule has 0 heterocycles. The minimum atomic E-state index is -2.33. The quantitative estimate of drug-likeness (QED) is 0.161. The first-order valence-corrected chi connectivity index (χ1v) is 3.70. The first kappa shape index (κ1) is 49.8. The zero-order valence-corrected chi connectivity index (χ0v) is 18.2. The molecule has 0 rings (SSSR count). The summed E-state index contributed by atoms with van der Waals surface area (Å²) in [6, 6.07) is 0. The second kappa shape index (κ2) is 43.9. The summed E-state index contributed by atoms with van der Waals surface area (Å²) in [4.78, 5) is 50.0. The van der Waals surface area contributed by atoms with E-state index in [9.17, 15) is 26.3 Å². The molecular weight excluding hydrogens is 657 g/mol. The smallest absolute Gasteiger partial charge is 0.456 e. The molecule has 0 aliphatic rings. The summed E-state index contributed by atoms with van der Waals surface area (Å²) in [5, 5.41) is 40.5. The van der Waals surface area contributed by atoms with Crippen molar-refractivity contribution in [2.24, 2.45) is 0 Å². The third kappa shape index (κ3) is 10500. The van der Waals surface area contributed by atoms with Gasteiger partial charge in [-0.15, -0.1) is 26.3 Å². The van der Waals surface area contributed by atoms with E-state index in [1.165, 1.54) is 0 Å². The molecule has 0 fully saturated rings. The first-order chi connectivity index (χ1) is 10.4. The minimum Gasteiger partial charge on any atom is -0.456 e. The first-order valence-electron chi connectivity index (χ1n) is 3.70. The summed E-state index contributed by atoms with van der Waals surface area (Å²) in [7, 11) is 0. The van der Waals surface area contributed by atoms with Gasteiger partial charge in [0.05, 0.1) is 0 Å². The van der Waals surface area contributed by atoms with Gasteiger partial charge in [-0.05, 0) is 0 Å². The Bertz CT molecular complexity index is 279. The maximum Gasteiger partial charge on any atom is 0.492 e. The SMILES string of the molecule is O=C(O)F.O=C(O)F.O=C(O)F.O=C(O)F.O=C(O)F.O=C(O)F.[Ce].[La]. The zero-order chi connectivity index (χ0) is 21.5. The molecule has 0 amide bonds. The minimum absolute atomic E-state index is 0. The number of halogens is 6. The van der Waals surface area contributed by atoms with Crippen molar-refractivity contribution in [2.75, 3.05) is 0 Å². The molecule has 0 aromatic rings. The van der Waals surface area contributed by atoms with Gasteiger partial charge in [-0.25, -0.2) is 28.8 Å². The van der Waals surface area contributed by atoms with Gasteiger partial charge in [0.25, 0.3) is 0 Å². The van der Waals surface area contributed by atoms with Crippen molar-refractivity contribution in [1.82, 2.24) is 0 Å². The molecule has 0 bridgehead atoms. The monoisotopic (exact) mass is 663 g/mol. The Hall–Kier alpha value is -1.03. The van der Waals surface area contributed by atoms with Gasteiger partial charge in [0.1, 0.15) is 0 Å². The molecule has 151 valence electrons. The molecule has 0 aliphatic heterocycles. The fourth-order valence-corrected chi connectivity index (χ4v) is 0. The van der Waals surface area contributed by atoms with Crippen LogP contribution in [0.5, 0.6) is 0 Å². The molecular formula is C6H6CeF6LaO12. The van der Waals surface area contributed by atoms with Crippen molar-refractivity contribution in [3.05, 3.63) is 0 Å². The summed E-state index contributed by atoms with van der Waals surface area (Å²) >= 11 is 0. The topological polar surface area (TPSA) is 224 Å². The molecule has 26 heavy (non-hydrogen) atoms. The Labute approximate surface area is 198 Å². The summed E-state index contributed by atoms with van der Waals surface area (Å²) in [6.45, 7) is 0. The number of carbonyl (C=O) groups is 6. The van der Waals surface area contributed by atoms with E-state index < -0.39 is 37.3 Å². The van der Waals surface area contributed by atoms with Crippen LogP contribution in [0.25, 0.3) is 0 Å². The Kier molecular flexibility index (Phi) is 84.2. The summed E-state index contributed by atoms with van der Waals surface area (Å²) < 4.78 is 59.5. The summed E-state index contributed by atoms with van der Waals surface area (Å²) in [5.41, 5.74) is 0. The molecule has 0 unspecified atom stereocenters. The van der Waals surface area contributed by atoms with E-state index in [2.05, 4.69) is 0 Å². The van der Waals surface area contributed by atoms with Gasteiger partial charge >= 0.3 is 37.3 Å². The van der Waals surface area contributed by atoms with Gasteiger partial charge in [0.15, 0.2) is 0 Å². The summed E-state index contributed by atoms with van der Waals surface area (Å²) in [5.74, 6) is 0. The van der Waals surface area contributed by atoms with Crippen molar-refractivity contribution in [1.29, 1.82) is 0 Å². The second-order valence-corrected chi connectivity index (χ2v) is 1.52. The Morgan fingerprint density at radius 3 is 0.385 bits per heavy atom. The maximum absolute atomic E-state index is 9.92. The van der Waals surface area contributed by atoms with E-state index in [0.717, 1.165) is 0 Å². The number of carboxylic acid groups (broad SMARTS) is 6. The van der Waals surface area contributed by atoms with Crippen molar-refractivity contribution >= 4 is 37.3 Å². The molecule has 0 atom stereocenters. The van der Waals surface area contributed by atoms with Crippen LogP contribution < -0.4 is 0 Å². The molecule has 12 nitrogen and oxygen atoms in total. The molecule has 1 radical (unpaired) electrons. The van der Waals surface area contributed by atoms with Gasteiger partial charge < -0.3 is 30.6 Å². The molecule has 0 aliphatic carbocycles. The zero-order valence-electron chi connectivity index (χ0n) is 11.5. The van der Waals surface area contributed by atoms with Gasteiger partial charge in [-0.1, -0.05) is 0 Å². The third-order valence-corrected chi connectivity index (χ3v) is 0. The van der Waals surface area contributed by atoms with Gasteiger partial charge in [0, 0.05) is 77.3 Å². The Morgan fingerprint density at radius 2 is 0.385 bits per heavy atom. The standard InChI is InChI=1S/6CHFO2.Ce.La/c6*2-1(3)4;;/h6*(H,3,4);;. The normalized spacial score (nSPS) is 5.77. The van der Waals surface area contributed by atoms with E-state index in [4.69, 9.17) is 59.4 Å². The number of hydrogen-bond donors (Lipinski definition) is 6. The van der Waals surface area contributed by atoms with Crippen LogP contribution in [0.4, 0.5) is 55.1 Å². The largest absolute Gasteiger partial charge is 0.492 e. The van der Waals surface area contributed by atoms with E-state index >= 15 is 0 Å². The Balaban J connectivity index is -0.0000000245. The van der Waals surface area contributed by atoms with E-state index in [0.29, 0.717) is 0 Å². The van der Waals surface area contributed by atoms with Crippen molar-refractivity contribution in [3.63, 3.8) is 0 Å². The molecule has 0 saturated heterocycles. The Morgan fingerprint density at radius 1 is 0.385 bits per heavy atom. The van der Waals surface area contributed by atoms with Crippen LogP contribution in [0.3, 0.4) is 0 Å². The van der Waals surface area contributed by atoms with Gasteiger partial charge in [0.2, 0.25) is 0 Å². The van der Waals surface area contributed by atoms with Gasteiger partial charge in [-0.3, -0.25) is 0 Å². The molecule has 20 heteroatoms. The van der Waals surface area contributed by atoms with E-state index in [1.807, 2.05) is 0 Å². The maximum atomic E-state index is 9.92. The van der Waals surface area contributed by atoms with E-state index in [-0.39, 0.29) is 77.3 Å². The van der Waals surface area contributed by atoms with Gasteiger partial charge in [-0.2, -0.15) is 0 Å². The molecule has 0 saturated carbocycles. The number of hydrogen-bond acceptors (Lipinski definition) is 6. The van der Waals surface area contributed by atoms with Crippen LogP contribution >= 0.6 is 0 Å². The van der Waals surface area contributed by atoms with Crippen molar-refractivity contribution in [3.8, 4) is 0 Å². The fourth-order valence-electron chi connectivity index (χ4n) is 0. The predicted octanol–water partition coefficient (Wildman–Crippen LogP) is 3.80. The van der Waals surface area contributed by atoms with Crippen LogP contribution in [0.15, 0.2) is 0 Å². The number of rotatable bonds is 0. The van der Waals surface area contributed by atoms with Crippen molar-refractivity contribution in [2.45, 2.75) is 0 Å². The van der Waals surface area contributed by atoms with E-state index in [1.54, 1.807) is 0 Å². The van der Waals surface area contributed by atoms with Crippen LogP contribution in [-0.2, 0) is 0 Å². The van der Waals surface area contributed by atoms with Crippen LogP contribution in [-0.4, -0.2) is 68.0 Å². The summed E-state index contributed by atoms with van der Waals surface area (Å²) in [6.07, 6.45) is -14.0. The predicted molar refractivity (Wildman–Crippen MR) is 54.8 cm³/mol. The van der Waals surface area contributed by atoms with Crippen LogP contribution in [0.1, 0.15) is 0 Å². The molecule has 0 aromatic carbocycles. The fraction of sp³-hybridized carbons (Fsp3) is 0.